The number of hydrogen-bond acceptors (Lipinski definition) is 5. The molecule has 8 heteroatoms. The van der Waals surface area contributed by atoms with Gasteiger partial charge in [0.05, 0.1) is 0 Å². The Balaban J connectivity index is 1.97. The van der Waals surface area contributed by atoms with E-state index in [-0.39, 0.29) is 0 Å². The summed E-state index contributed by atoms with van der Waals surface area (Å²) in [7, 11) is 0. The van der Waals surface area contributed by atoms with Crippen LogP contribution in [0, 0.1) is 0 Å². The van der Waals surface area contributed by atoms with E-state index >= 15 is 0 Å². The zero-order chi connectivity index (χ0) is 13.8. The average molecular weight is 279 g/mol. The maximum Gasteiger partial charge on any atom is 0.328 e. The molecule has 1 saturated heterocycles. The third-order valence-electron chi connectivity index (χ3n) is 2.19. The molecule has 1 aliphatic rings. The molecule has 5 amide bonds. The van der Waals surface area contributed by atoms with Crippen molar-refractivity contribution in [2.75, 3.05) is 5.32 Å². The highest BCUT2D eigenvalue weighted by atomic mass is 32.2. The molecule has 2 rings (SSSR count). The summed E-state index contributed by atoms with van der Waals surface area (Å²) >= 11 is 0.507. The van der Waals surface area contributed by atoms with E-state index < -0.39 is 28.3 Å². The summed E-state index contributed by atoms with van der Waals surface area (Å²) in [5.74, 6) is -1.61. The lowest BCUT2D eigenvalue weighted by Gasteiger charge is -2.19. The Bertz CT molecular complexity index is 526. The number of nitrogens with one attached hydrogen (secondary N) is 3. The molecule has 1 aromatic carbocycles. The van der Waals surface area contributed by atoms with Crippen molar-refractivity contribution in [1.82, 2.24) is 10.6 Å². The van der Waals surface area contributed by atoms with Gasteiger partial charge >= 0.3 is 6.03 Å². The van der Waals surface area contributed by atoms with Crippen molar-refractivity contribution in [3.05, 3.63) is 30.3 Å². The molecule has 3 N–H and O–H groups in total. The predicted octanol–water partition coefficient (Wildman–Crippen LogP) is 0.686. The van der Waals surface area contributed by atoms with Gasteiger partial charge in [-0.3, -0.25) is 25.0 Å². The number of imide groups is 2. The van der Waals surface area contributed by atoms with Crippen LogP contribution in [0.15, 0.2) is 30.3 Å². The highest BCUT2D eigenvalue weighted by molar-refractivity contribution is 8.15. The highest BCUT2D eigenvalue weighted by Crippen LogP contribution is 2.17. The zero-order valence-electron chi connectivity index (χ0n) is 9.51. The summed E-state index contributed by atoms with van der Waals surface area (Å²) in [5.41, 5.74) is 0.549. The number of rotatable bonds is 2. The number of carbonyl (C=O) groups is 4. The molecular formula is C11H9N3O4S. The first-order chi connectivity index (χ1) is 9.06. The third-order valence-corrected chi connectivity index (χ3v) is 3.17. The van der Waals surface area contributed by atoms with E-state index in [0.29, 0.717) is 17.4 Å². The largest absolute Gasteiger partial charge is 0.328 e. The van der Waals surface area contributed by atoms with Crippen LogP contribution in [0.5, 0.6) is 0 Å². The first kappa shape index (κ1) is 13.1. The molecule has 0 aromatic heterocycles. The molecule has 1 aromatic rings. The molecule has 98 valence electrons. The van der Waals surface area contributed by atoms with E-state index in [1.54, 1.807) is 30.3 Å². The van der Waals surface area contributed by atoms with Crippen LogP contribution in [0.1, 0.15) is 0 Å². The Morgan fingerprint density at radius 1 is 1.05 bits per heavy atom. The Kier molecular flexibility index (Phi) is 3.81. The van der Waals surface area contributed by atoms with Crippen molar-refractivity contribution in [1.29, 1.82) is 0 Å². The van der Waals surface area contributed by atoms with Gasteiger partial charge in [0.1, 0.15) is 0 Å². The predicted molar refractivity (Wildman–Crippen MR) is 68.5 cm³/mol. The fourth-order valence-corrected chi connectivity index (χ4v) is 2.11. The van der Waals surface area contributed by atoms with Crippen LogP contribution < -0.4 is 16.0 Å². The number of benzene rings is 1. The Labute approximate surface area is 112 Å². The van der Waals surface area contributed by atoms with Crippen molar-refractivity contribution >= 4 is 40.5 Å². The maximum atomic E-state index is 11.7. The van der Waals surface area contributed by atoms with Crippen LogP contribution in [0.25, 0.3) is 0 Å². The zero-order valence-corrected chi connectivity index (χ0v) is 10.3. The Morgan fingerprint density at radius 3 is 2.21 bits per heavy atom. The van der Waals surface area contributed by atoms with E-state index in [1.165, 1.54) is 0 Å². The minimum atomic E-state index is -1.28. The summed E-state index contributed by atoms with van der Waals surface area (Å²) in [6.45, 7) is 0. The SMILES string of the molecule is O=C1NC(=O)C(SC(=O)Nc2ccccc2)C(=O)N1. The molecular weight excluding hydrogens is 270 g/mol. The number of urea groups is 1. The van der Waals surface area contributed by atoms with Gasteiger partial charge < -0.3 is 5.32 Å². The molecule has 0 bridgehead atoms. The molecule has 19 heavy (non-hydrogen) atoms. The molecule has 1 fully saturated rings. The van der Waals surface area contributed by atoms with E-state index in [1.807, 2.05) is 10.6 Å². The van der Waals surface area contributed by atoms with Gasteiger partial charge in [-0.25, -0.2) is 4.79 Å². The van der Waals surface area contributed by atoms with E-state index in [9.17, 15) is 19.2 Å². The summed E-state index contributed by atoms with van der Waals surface area (Å²) < 4.78 is 0. The van der Waals surface area contributed by atoms with E-state index in [0.717, 1.165) is 0 Å². The van der Waals surface area contributed by atoms with E-state index in [2.05, 4.69) is 5.32 Å². The van der Waals surface area contributed by atoms with Gasteiger partial charge in [-0.05, 0) is 23.9 Å². The first-order valence-electron chi connectivity index (χ1n) is 5.24. The topological polar surface area (TPSA) is 104 Å². The number of barbiturate groups is 1. The fraction of sp³-hybridized carbons (Fsp3) is 0.0909. The standard InChI is InChI=1S/C11H9N3O4S/c15-8-7(9(16)14-10(17)13-8)19-11(18)12-6-4-2-1-3-5-6/h1-5,7H,(H,12,18)(H2,13,14,15,16,17). The van der Waals surface area contributed by atoms with Gasteiger partial charge in [0.2, 0.25) is 0 Å². The van der Waals surface area contributed by atoms with E-state index in [4.69, 9.17) is 0 Å². The van der Waals surface area contributed by atoms with Crippen LogP contribution in [0.2, 0.25) is 0 Å². The number of carbonyl (C=O) groups excluding carboxylic acids is 4. The molecule has 7 nitrogen and oxygen atoms in total. The van der Waals surface area contributed by atoms with Crippen LogP contribution in [-0.2, 0) is 9.59 Å². The van der Waals surface area contributed by atoms with Crippen LogP contribution in [0.4, 0.5) is 15.3 Å². The van der Waals surface area contributed by atoms with Crippen molar-refractivity contribution < 1.29 is 19.2 Å². The second-order valence-electron chi connectivity index (χ2n) is 3.58. The van der Waals surface area contributed by atoms with Gasteiger partial charge in [-0.2, -0.15) is 0 Å². The van der Waals surface area contributed by atoms with Crippen LogP contribution >= 0.6 is 11.8 Å². The summed E-state index contributed by atoms with van der Waals surface area (Å²) in [5, 5.41) is 4.52. The maximum absolute atomic E-state index is 11.7. The van der Waals surface area contributed by atoms with Crippen molar-refractivity contribution in [3.8, 4) is 0 Å². The highest BCUT2D eigenvalue weighted by Gasteiger charge is 2.36. The molecule has 1 heterocycles. The molecule has 1 aliphatic heterocycles. The lowest BCUT2D eigenvalue weighted by Crippen LogP contribution is -2.57. The second kappa shape index (κ2) is 5.53. The number of para-hydroxylation sites is 1. The van der Waals surface area contributed by atoms with Gasteiger partial charge in [0.15, 0.2) is 5.25 Å². The molecule has 0 saturated carbocycles. The molecule has 0 unspecified atom stereocenters. The quantitative estimate of drug-likeness (QED) is 0.691. The third kappa shape index (κ3) is 3.32. The minimum Gasteiger partial charge on any atom is -0.317 e. The smallest absolute Gasteiger partial charge is 0.317 e. The van der Waals surface area contributed by atoms with Gasteiger partial charge in [-0.15, -0.1) is 0 Å². The average Bonchev–Trinajstić information content (AvgIpc) is 2.35. The van der Waals surface area contributed by atoms with Gasteiger partial charge in [-0.1, -0.05) is 18.2 Å². The Morgan fingerprint density at radius 2 is 1.63 bits per heavy atom. The number of hydrogen-bond donors (Lipinski definition) is 3. The lowest BCUT2D eigenvalue weighted by molar-refractivity contribution is -0.128. The second-order valence-corrected chi connectivity index (χ2v) is 4.66. The summed E-state index contributed by atoms with van der Waals surface area (Å²) in [6, 6.07) is 7.72. The Hall–Kier alpha value is -2.35. The molecule has 0 radical (unpaired) electrons. The van der Waals surface area contributed by atoms with Gasteiger partial charge in [0, 0.05) is 5.69 Å². The molecule has 0 atom stereocenters. The minimum absolute atomic E-state index is 0.507. The normalized spacial score (nSPS) is 15.7. The first-order valence-corrected chi connectivity index (χ1v) is 6.12. The number of thioether (sulfide) groups is 1. The monoisotopic (exact) mass is 279 g/mol. The van der Waals surface area contributed by atoms with Crippen LogP contribution in [-0.4, -0.2) is 28.3 Å². The van der Waals surface area contributed by atoms with Crippen molar-refractivity contribution in [2.24, 2.45) is 0 Å². The number of anilines is 1. The number of amides is 5. The molecule has 0 aliphatic carbocycles. The summed E-state index contributed by atoms with van der Waals surface area (Å²) in [6.07, 6.45) is 0. The fourth-order valence-electron chi connectivity index (χ4n) is 1.39. The van der Waals surface area contributed by atoms with Crippen LogP contribution in [0.3, 0.4) is 0 Å². The summed E-state index contributed by atoms with van der Waals surface area (Å²) in [4.78, 5) is 45.3. The lowest BCUT2D eigenvalue weighted by atomic mass is 10.3. The van der Waals surface area contributed by atoms with Crippen molar-refractivity contribution in [3.63, 3.8) is 0 Å². The molecule has 0 spiro atoms. The van der Waals surface area contributed by atoms with Gasteiger partial charge in [0.25, 0.3) is 17.1 Å². The van der Waals surface area contributed by atoms with Crippen molar-refractivity contribution in [2.45, 2.75) is 5.25 Å².